The van der Waals surface area contributed by atoms with E-state index in [1.54, 1.807) is 7.11 Å². The van der Waals surface area contributed by atoms with Gasteiger partial charge < -0.3 is 10.1 Å². The van der Waals surface area contributed by atoms with E-state index in [2.05, 4.69) is 5.32 Å². The molecule has 0 amide bonds. The highest BCUT2D eigenvalue weighted by Gasteiger charge is 2.02. The van der Waals surface area contributed by atoms with Crippen LogP contribution in [-0.4, -0.2) is 20.2 Å². The van der Waals surface area contributed by atoms with Crippen molar-refractivity contribution in [3.05, 3.63) is 36.2 Å². The number of halogens is 1. The lowest BCUT2D eigenvalue weighted by atomic mass is 10.1. The lowest BCUT2D eigenvalue weighted by Gasteiger charge is -2.08. The lowest BCUT2D eigenvalue weighted by Crippen LogP contribution is -2.15. The van der Waals surface area contributed by atoms with Crippen LogP contribution in [0.3, 0.4) is 0 Å². The third-order valence-electron chi connectivity index (χ3n) is 2.14. The number of benzene rings is 1. The molecule has 0 unspecified atom stereocenters. The Labute approximate surface area is 89.8 Å². The SMILES string of the molecule is CCNC/C(=C/F)c1cccc(OC)c1. The molecule has 0 spiro atoms. The summed E-state index contributed by atoms with van der Waals surface area (Å²) in [5.74, 6) is 0.739. The molecule has 3 heteroatoms. The maximum absolute atomic E-state index is 12.7. The van der Waals surface area contributed by atoms with Crippen molar-refractivity contribution in [3.8, 4) is 5.75 Å². The second-order valence-corrected chi connectivity index (χ2v) is 3.15. The summed E-state index contributed by atoms with van der Waals surface area (Å²) in [4.78, 5) is 0. The molecule has 0 radical (unpaired) electrons. The van der Waals surface area contributed by atoms with Gasteiger partial charge in [0.25, 0.3) is 0 Å². The molecular formula is C12H16FNO. The normalized spacial score (nSPS) is 11.5. The van der Waals surface area contributed by atoms with Crippen LogP contribution in [0.2, 0.25) is 0 Å². The average Bonchev–Trinajstić information content (AvgIpc) is 2.30. The molecule has 1 aromatic carbocycles. The fourth-order valence-corrected chi connectivity index (χ4v) is 1.29. The van der Waals surface area contributed by atoms with E-state index >= 15 is 0 Å². The molecule has 1 rings (SSSR count). The van der Waals surface area contributed by atoms with Crippen molar-refractivity contribution in [1.29, 1.82) is 0 Å². The monoisotopic (exact) mass is 209 g/mol. The molecule has 0 aromatic heterocycles. The first-order valence-corrected chi connectivity index (χ1v) is 4.96. The van der Waals surface area contributed by atoms with Gasteiger partial charge in [0, 0.05) is 12.1 Å². The first-order valence-electron chi connectivity index (χ1n) is 4.96. The summed E-state index contributed by atoms with van der Waals surface area (Å²) in [6.45, 7) is 3.34. The largest absolute Gasteiger partial charge is 0.497 e. The topological polar surface area (TPSA) is 21.3 Å². The van der Waals surface area contributed by atoms with Crippen LogP contribution < -0.4 is 10.1 Å². The molecule has 0 saturated heterocycles. The van der Waals surface area contributed by atoms with Crippen LogP contribution in [-0.2, 0) is 0 Å². The van der Waals surface area contributed by atoms with Gasteiger partial charge in [-0.05, 0) is 24.2 Å². The zero-order chi connectivity index (χ0) is 11.1. The molecule has 15 heavy (non-hydrogen) atoms. The Morgan fingerprint density at radius 3 is 2.93 bits per heavy atom. The summed E-state index contributed by atoms with van der Waals surface area (Å²) in [6.07, 6.45) is 0.636. The van der Waals surface area contributed by atoms with E-state index in [4.69, 9.17) is 4.74 Å². The van der Waals surface area contributed by atoms with E-state index in [0.29, 0.717) is 18.4 Å². The van der Waals surface area contributed by atoms with Gasteiger partial charge in [-0.1, -0.05) is 19.1 Å². The fourth-order valence-electron chi connectivity index (χ4n) is 1.29. The predicted molar refractivity (Wildman–Crippen MR) is 60.6 cm³/mol. The first-order chi connectivity index (χ1) is 7.31. The number of hydrogen-bond donors (Lipinski definition) is 1. The van der Waals surface area contributed by atoms with Crippen molar-refractivity contribution in [1.82, 2.24) is 5.32 Å². The quantitative estimate of drug-likeness (QED) is 0.804. The number of hydrogen-bond acceptors (Lipinski definition) is 2. The average molecular weight is 209 g/mol. The van der Waals surface area contributed by atoms with Gasteiger partial charge in [-0.15, -0.1) is 0 Å². The van der Waals surface area contributed by atoms with Crippen LogP contribution in [0.4, 0.5) is 4.39 Å². The third-order valence-corrected chi connectivity index (χ3v) is 2.14. The third kappa shape index (κ3) is 3.36. The van der Waals surface area contributed by atoms with Crippen LogP contribution in [0.1, 0.15) is 12.5 Å². The Kier molecular flexibility index (Phi) is 4.84. The second-order valence-electron chi connectivity index (χ2n) is 3.15. The Balaban J connectivity index is 2.82. The minimum Gasteiger partial charge on any atom is -0.497 e. The maximum atomic E-state index is 12.7. The highest BCUT2D eigenvalue weighted by Crippen LogP contribution is 2.19. The molecule has 82 valence electrons. The summed E-state index contributed by atoms with van der Waals surface area (Å²) in [5.41, 5.74) is 1.48. The van der Waals surface area contributed by atoms with Crippen LogP contribution in [0.15, 0.2) is 30.6 Å². The standard InChI is InChI=1S/C12H16FNO/c1-3-14-9-11(8-13)10-5-4-6-12(7-10)15-2/h4-8,14H,3,9H2,1-2H3/b11-8-. The van der Waals surface area contributed by atoms with E-state index < -0.39 is 0 Å². The number of likely N-dealkylation sites (N-methyl/N-ethyl adjacent to an activating group) is 1. The van der Waals surface area contributed by atoms with Crippen LogP contribution >= 0.6 is 0 Å². The number of nitrogens with one attached hydrogen (secondary N) is 1. The Bertz CT molecular complexity index is 336. The molecule has 0 aliphatic carbocycles. The zero-order valence-electron chi connectivity index (χ0n) is 9.09. The number of methoxy groups -OCH3 is 1. The summed E-state index contributed by atoms with van der Waals surface area (Å²) in [7, 11) is 1.60. The van der Waals surface area contributed by atoms with Crippen molar-refractivity contribution >= 4 is 5.57 Å². The van der Waals surface area contributed by atoms with E-state index in [1.807, 2.05) is 31.2 Å². The highest BCUT2D eigenvalue weighted by molar-refractivity contribution is 5.67. The van der Waals surface area contributed by atoms with E-state index in [-0.39, 0.29) is 0 Å². The molecule has 0 saturated carbocycles. The second kappa shape index (κ2) is 6.19. The molecule has 0 atom stereocenters. The van der Waals surface area contributed by atoms with E-state index in [9.17, 15) is 4.39 Å². The Morgan fingerprint density at radius 2 is 2.33 bits per heavy atom. The molecule has 0 aliphatic rings. The summed E-state index contributed by atoms with van der Waals surface area (Å²) in [5, 5.41) is 3.09. The molecule has 2 nitrogen and oxygen atoms in total. The van der Waals surface area contributed by atoms with Gasteiger partial charge in [-0.2, -0.15) is 0 Å². The van der Waals surface area contributed by atoms with Gasteiger partial charge in [0.1, 0.15) is 5.75 Å². The van der Waals surface area contributed by atoms with E-state index in [0.717, 1.165) is 17.9 Å². The van der Waals surface area contributed by atoms with Gasteiger partial charge >= 0.3 is 0 Å². The van der Waals surface area contributed by atoms with Crippen molar-refractivity contribution in [2.24, 2.45) is 0 Å². The van der Waals surface area contributed by atoms with Crippen molar-refractivity contribution in [2.45, 2.75) is 6.92 Å². The van der Waals surface area contributed by atoms with Gasteiger partial charge in [0.2, 0.25) is 0 Å². The minimum atomic E-state index is 0.528. The Hall–Kier alpha value is -1.35. The lowest BCUT2D eigenvalue weighted by molar-refractivity contribution is 0.414. The van der Waals surface area contributed by atoms with Crippen molar-refractivity contribution in [3.63, 3.8) is 0 Å². The van der Waals surface area contributed by atoms with Crippen molar-refractivity contribution < 1.29 is 9.13 Å². The molecule has 0 fully saturated rings. The summed E-state index contributed by atoms with van der Waals surface area (Å²) < 4.78 is 17.7. The zero-order valence-corrected chi connectivity index (χ0v) is 9.09. The molecule has 0 heterocycles. The van der Waals surface area contributed by atoms with Crippen molar-refractivity contribution in [2.75, 3.05) is 20.2 Å². The molecule has 1 aromatic rings. The first kappa shape index (κ1) is 11.7. The number of ether oxygens (including phenoxy) is 1. The van der Waals surface area contributed by atoms with Gasteiger partial charge in [0.15, 0.2) is 0 Å². The molecule has 1 N–H and O–H groups in total. The van der Waals surface area contributed by atoms with Crippen LogP contribution in [0, 0.1) is 0 Å². The van der Waals surface area contributed by atoms with Crippen LogP contribution in [0.25, 0.3) is 5.57 Å². The Morgan fingerprint density at radius 1 is 1.53 bits per heavy atom. The van der Waals surface area contributed by atoms with E-state index in [1.165, 1.54) is 0 Å². The maximum Gasteiger partial charge on any atom is 0.119 e. The smallest absolute Gasteiger partial charge is 0.119 e. The predicted octanol–water partition coefficient (Wildman–Crippen LogP) is 2.62. The summed E-state index contributed by atoms with van der Waals surface area (Å²) in [6, 6.07) is 7.38. The molecule has 0 aliphatic heterocycles. The highest BCUT2D eigenvalue weighted by atomic mass is 19.1. The summed E-state index contributed by atoms with van der Waals surface area (Å²) >= 11 is 0. The van der Waals surface area contributed by atoms with Gasteiger partial charge in [0.05, 0.1) is 13.4 Å². The van der Waals surface area contributed by atoms with Crippen LogP contribution in [0.5, 0.6) is 5.75 Å². The molecular weight excluding hydrogens is 193 g/mol. The minimum absolute atomic E-state index is 0.528. The van der Waals surface area contributed by atoms with Gasteiger partial charge in [-0.25, -0.2) is 4.39 Å². The fraction of sp³-hybridized carbons (Fsp3) is 0.333. The number of rotatable bonds is 5. The molecule has 0 bridgehead atoms. The van der Waals surface area contributed by atoms with Gasteiger partial charge in [-0.3, -0.25) is 0 Å².